The van der Waals surface area contributed by atoms with E-state index in [-0.39, 0.29) is 35.1 Å². The van der Waals surface area contributed by atoms with Crippen molar-refractivity contribution in [2.75, 3.05) is 11.4 Å². The number of carboxylic acids is 2. The van der Waals surface area contributed by atoms with Crippen LogP contribution in [0.2, 0.25) is 0 Å². The third-order valence-electron chi connectivity index (χ3n) is 7.36. The van der Waals surface area contributed by atoms with Crippen molar-refractivity contribution in [3.8, 4) is 11.3 Å². The average Bonchev–Trinajstić information content (AvgIpc) is 3.75. The number of hydrogen-bond acceptors (Lipinski definition) is 8. The molecule has 0 bridgehead atoms. The third-order valence-corrected chi connectivity index (χ3v) is 8.12. The van der Waals surface area contributed by atoms with Crippen molar-refractivity contribution < 1.29 is 46.7 Å². The number of carbonyl (C=O) groups excluding carboxylic acids is 1. The molecule has 1 saturated carbocycles. The van der Waals surface area contributed by atoms with E-state index in [0.717, 1.165) is 40.9 Å². The van der Waals surface area contributed by atoms with E-state index in [0.29, 0.717) is 16.5 Å². The van der Waals surface area contributed by atoms with Crippen LogP contribution in [0.4, 0.5) is 15.8 Å². The number of nitro benzene ring substituents is 1. The minimum absolute atomic E-state index is 0.0401. The second-order valence-corrected chi connectivity index (χ2v) is 11.1. The molecule has 1 aliphatic carbocycles. The minimum Gasteiger partial charge on any atom is -0.480 e. The molecule has 1 amide bonds. The van der Waals surface area contributed by atoms with Crippen LogP contribution < -0.4 is 9.62 Å². The first-order chi connectivity index (χ1) is 20.9. The molecule has 1 aromatic heterocycles. The predicted octanol–water partition coefficient (Wildman–Crippen LogP) is 4.17. The monoisotopic (exact) mass is 625 g/mol. The number of nitrogens with zero attached hydrogens (tertiary/aromatic N) is 2. The Balaban J connectivity index is 1.66. The normalized spacial score (nSPS) is 12.9. The number of amides is 1. The maximum Gasteiger partial charge on any atom is 0.322 e. The summed E-state index contributed by atoms with van der Waals surface area (Å²) in [4.78, 5) is 47.0. The van der Waals surface area contributed by atoms with Gasteiger partial charge in [-0.1, -0.05) is 0 Å². The fourth-order valence-corrected chi connectivity index (χ4v) is 5.73. The van der Waals surface area contributed by atoms with E-state index in [1.165, 1.54) is 31.3 Å². The summed E-state index contributed by atoms with van der Waals surface area (Å²) >= 11 is 0. The summed E-state index contributed by atoms with van der Waals surface area (Å²) < 4.78 is 45.6. The van der Waals surface area contributed by atoms with Crippen molar-refractivity contribution >= 4 is 51.1 Å². The summed E-state index contributed by atoms with van der Waals surface area (Å²) in [5.41, 5.74) is 0.417. The largest absolute Gasteiger partial charge is 0.480 e. The van der Waals surface area contributed by atoms with Gasteiger partial charge in [0.2, 0.25) is 10.9 Å². The van der Waals surface area contributed by atoms with Crippen molar-refractivity contribution in [3.63, 3.8) is 0 Å². The molecule has 3 N–H and O–H groups in total. The van der Waals surface area contributed by atoms with Gasteiger partial charge in [-0.15, -0.1) is 0 Å². The zero-order valence-corrected chi connectivity index (χ0v) is 23.7. The van der Waals surface area contributed by atoms with Crippen molar-refractivity contribution in [3.05, 3.63) is 92.8 Å². The molecule has 4 aromatic rings. The molecule has 228 valence electrons. The second-order valence-electron chi connectivity index (χ2n) is 10.1. The number of aliphatic carboxylic acids is 2. The molecule has 0 unspecified atom stereocenters. The predicted molar refractivity (Wildman–Crippen MR) is 155 cm³/mol. The number of fused-ring (bicyclic) bond motifs is 1. The second kappa shape index (κ2) is 11.8. The summed E-state index contributed by atoms with van der Waals surface area (Å²) in [6.45, 7) is -0.315. The standard InChI is InChI=1S/C29H24FN3O10S/c1-31-27(34)24-21-12-19(14-2-3-14)16(10-23(21)43-26(24)15-4-6-17(30)7-5-15)13-32(44(41)42)18-8-9-22(33(39)40)20(11-18)25(28(35)36)29(37)38/h4-12,14,25,44H,2-3,13H2,1H3,(H,31,34)(H,35,36)(H,37,38). The van der Waals surface area contributed by atoms with E-state index in [9.17, 15) is 47.5 Å². The van der Waals surface area contributed by atoms with Gasteiger partial charge in [0.1, 0.15) is 17.2 Å². The topological polar surface area (TPSA) is 197 Å². The molecule has 15 heteroatoms. The Morgan fingerprint density at radius 1 is 1.09 bits per heavy atom. The lowest BCUT2D eigenvalue weighted by Gasteiger charge is -2.21. The number of halogens is 1. The summed E-state index contributed by atoms with van der Waals surface area (Å²) in [6.07, 6.45) is 1.58. The van der Waals surface area contributed by atoms with E-state index < -0.39 is 56.6 Å². The highest BCUT2D eigenvalue weighted by Crippen LogP contribution is 2.45. The molecule has 3 aromatic carbocycles. The number of anilines is 1. The first-order valence-electron chi connectivity index (χ1n) is 13.1. The molecule has 1 fully saturated rings. The van der Waals surface area contributed by atoms with Gasteiger partial charge >= 0.3 is 11.9 Å². The fourth-order valence-electron chi connectivity index (χ4n) is 5.14. The van der Waals surface area contributed by atoms with Crippen LogP contribution in [0.3, 0.4) is 0 Å². The van der Waals surface area contributed by atoms with Crippen molar-refractivity contribution in [1.29, 1.82) is 0 Å². The average molecular weight is 626 g/mol. The van der Waals surface area contributed by atoms with Gasteiger partial charge in [0.05, 0.1) is 28.3 Å². The smallest absolute Gasteiger partial charge is 0.322 e. The SMILES string of the molecule is CNC(=O)c1c(-c2ccc(F)cc2)oc2cc(CN(c3ccc([N+](=O)[O-])c(C(C(=O)O)C(=O)O)c3)[SH](=O)=O)c(C3CC3)cc12. The molecule has 0 aliphatic heterocycles. The molecule has 1 aliphatic rings. The Morgan fingerprint density at radius 2 is 1.75 bits per heavy atom. The van der Waals surface area contributed by atoms with E-state index in [4.69, 9.17) is 4.42 Å². The number of thiol groups is 1. The molecule has 0 spiro atoms. The molecule has 13 nitrogen and oxygen atoms in total. The van der Waals surface area contributed by atoms with E-state index in [1.807, 2.05) is 0 Å². The lowest BCUT2D eigenvalue weighted by Crippen LogP contribution is -2.24. The van der Waals surface area contributed by atoms with Gasteiger partial charge in [-0.05, 0) is 78.4 Å². The van der Waals surface area contributed by atoms with Crippen molar-refractivity contribution in [1.82, 2.24) is 5.32 Å². The number of benzene rings is 3. The number of furan rings is 1. The Labute approximate surface area is 249 Å². The van der Waals surface area contributed by atoms with Crippen LogP contribution in [0.15, 0.2) is 59.0 Å². The Kier molecular flexibility index (Phi) is 8.06. The minimum atomic E-state index is -3.42. The van der Waals surface area contributed by atoms with Gasteiger partial charge in [0.25, 0.3) is 11.6 Å². The number of rotatable bonds is 11. The van der Waals surface area contributed by atoms with E-state index in [1.54, 1.807) is 12.1 Å². The summed E-state index contributed by atoms with van der Waals surface area (Å²) in [5, 5.41) is 33.5. The van der Waals surface area contributed by atoms with Crippen LogP contribution >= 0.6 is 0 Å². The lowest BCUT2D eigenvalue weighted by molar-refractivity contribution is -0.385. The zero-order chi connectivity index (χ0) is 31.9. The maximum absolute atomic E-state index is 13.6. The van der Waals surface area contributed by atoms with Gasteiger partial charge < -0.3 is 19.9 Å². The van der Waals surface area contributed by atoms with Crippen LogP contribution in [-0.4, -0.2) is 48.4 Å². The highest BCUT2D eigenvalue weighted by atomic mass is 32.2. The molecule has 44 heavy (non-hydrogen) atoms. The number of nitro groups is 1. The molecule has 1 heterocycles. The van der Waals surface area contributed by atoms with Gasteiger partial charge in [0, 0.05) is 24.1 Å². The summed E-state index contributed by atoms with van der Waals surface area (Å²) in [5.74, 6) is -6.76. The van der Waals surface area contributed by atoms with E-state index >= 15 is 0 Å². The third kappa shape index (κ3) is 5.68. The van der Waals surface area contributed by atoms with Gasteiger partial charge in [-0.3, -0.25) is 28.8 Å². The zero-order valence-electron chi connectivity index (χ0n) is 22.9. The highest BCUT2D eigenvalue weighted by Gasteiger charge is 2.35. The summed E-state index contributed by atoms with van der Waals surface area (Å²) in [7, 11) is -1.97. The molecule has 0 saturated heterocycles. The maximum atomic E-state index is 13.6. The number of nitrogens with one attached hydrogen (secondary N) is 1. The molecular weight excluding hydrogens is 601 g/mol. The Morgan fingerprint density at radius 3 is 2.30 bits per heavy atom. The van der Waals surface area contributed by atoms with E-state index in [2.05, 4.69) is 5.32 Å². The molecule has 0 atom stereocenters. The number of carbonyl (C=O) groups is 3. The van der Waals surface area contributed by atoms with Crippen LogP contribution in [0, 0.1) is 15.9 Å². The summed E-state index contributed by atoms with van der Waals surface area (Å²) in [6, 6.07) is 11.5. The van der Waals surface area contributed by atoms with Gasteiger partial charge in [-0.25, -0.2) is 12.8 Å². The quantitative estimate of drug-likeness (QED) is 0.0812. The first kappa shape index (κ1) is 30.2. The van der Waals surface area contributed by atoms with Crippen LogP contribution in [0.5, 0.6) is 0 Å². The van der Waals surface area contributed by atoms with Crippen molar-refractivity contribution in [2.45, 2.75) is 31.2 Å². The van der Waals surface area contributed by atoms with Gasteiger partial charge in [-0.2, -0.15) is 0 Å². The van der Waals surface area contributed by atoms with Crippen LogP contribution in [-0.2, 0) is 27.0 Å². The molecule has 0 radical (unpaired) electrons. The Bertz CT molecular complexity index is 1890. The van der Waals surface area contributed by atoms with Crippen LogP contribution in [0.25, 0.3) is 22.3 Å². The number of carboxylic acid groups (broad SMARTS) is 2. The van der Waals surface area contributed by atoms with Crippen molar-refractivity contribution in [2.24, 2.45) is 0 Å². The van der Waals surface area contributed by atoms with Crippen LogP contribution in [0.1, 0.15) is 51.7 Å². The molecular formula is C29H24FN3O10S. The van der Waals surface area contributed by atoms with Gasteiger partial charge in [0.15, 0.2) is 5.92 Å². The highest BCUT2D eigenvalue weighted by molar-refractivity contribution is 7.74. The number of hydrogen-bond donors (Lipinski definition) is 4. The fraction of sp³-hybridized carbons (Fsp3) is 0.207. The first-order valence-corrected chi connectivity index (χ1v) is 14.3. The Hall–Kier alpha value is -5.31. The lowest BCUT2D eigenvalue weighted by atomic mass is 9.96. The molecule has 5 rings (SSSR count).